The highest BCUT2D eigenvalue weighted by Crippen LogP contribution is 2.33. The number of hydrogen-bond acceptors (Lipinski definition) is 6. The van der Waals surface area contributed by atoms with Gasteiger partial charge in [0.05, 0.1) is 5.25 Å². The minimum atomic E-state index is -0.155. The zero-order valence-corrected chi connectivity index (χ0v) is 17.4. The Kier molecular flexibility index (Phi) is 6.19. The lowest BCUT2D eigenvalue weighted by atomic mass is 9.97. The molecule has 1 aliphatic rings. The predicted octanol–water partition coefficient (Wildman–Crippen LogP) is 4.86. The van der Waals surface area contributed by atoms with E-state index in [1.165, 1.54) is 29.5 Å². The van der Waals surface area contributed by atoms with Crippen molar-refractivity contribution in [2.45, 2.75) is 68.6 Å². The van der Waals surface area contributed by atoms with Crippen LogP contribution in [0.15, 0.2) is 28.6 Å². The molecule has 2 heterocycles. The first-order chi connectivity index (χ1) is 12.5. The molecule has 0 aliphatic carbocycles. The number of likely N-dealkylation sites (tertiary alicyclic amines) is 1. The third-order valence-corrected chi connectivity index (χ3v) is 6.88. The second kappa shape index (κ2) is 8.39. The summed E-state index contributed by atoms with van der Waals surface area (Å²) in [6.45, 7) is 8.33. The van der Waals surface area contributed by atoms with Crippen molar-refractivity contribution in [3.05, 3.63) is 29.8 Å². The van der Waals surface area contributed by atoms with Gasteiger partial charge < -0.3 is 10.2 Å². The van der Waals surface area contributed by atoms with Crippen LogP contribution >= 0.6 is 23.1 Å². The molecule has 0 radical (unpaired) electrons. The minimum Gasteiger partial charge on any atom is -0.336 e. The molecule has 5 nitrogen and oxygen atoms in total. The normalized spacial score (nSPS) is 21.5. The van der Waals surface area contributed by atoms with Crippen LogP contribution in [0.3, 0.4) is 0 Å². The van der Waals surface area contributed by atoms with E-state index in [4.69, 9.17) is 0 Å². The largest absolute Gasteiger partial charge is 0.336 e. The summed E-state index contributed by atoms with van der Waals surface area (Å²) in [5, 5.41) is 12.4. The van der Waals surface area contributed by atoms with Crippen molar-refractivity contribution in [1.29, 1.82) is 0 Å². The molecule has 0 saturated carbocycles. The number of carbonyl (C=O) groups is 1. The molecule has 2 aromatic rings. The minimum absolute atomic E-state index is 0.155. The molecule has 1 N–H and O–H groups in total. The summed E-state index contributed by atoms with van der Waals surface area (Å²) < 4.78 is 0.819. The van der Waals surface area contributed by atoms with Crippen molar-refractivity contribution in [2.75, 3.05) is 5.32 Å². The Hall–Kier alpha value is -1.60. The maximum atomic E-state index is 12.9. The van der Waals surface area contributed by atoms with Crippen molar-refractivity contribution in [3.8, 4) is 0 Å². The van der Waals surface area contributed by atoms with E-state index >= 15 is 0 Å². The number of amides is 1. The van der Waals surface area contributed by atoms with E-state index in [0.717, 1.165) is 33.6 Å². The number of benzene rings is 1. The molecule has 1 aliphatic heterocycles. The van der Waals surface area contributed by atoms with E-state index in [9.17, 15) is 4.79 Å². The number of rotatable bonds is 5. The molecule has 0 spiro atoms. The summed E-state index contributed by atoms with van der Waals surface area (Å²) in [5.74, 6) is 0.207. The number of aryl methyl sites for hydroxylation is 1. The van der Waals surface area contributed by atoms with E-state index in [2.05, 4.69) is 47.3 Å². The summed E-state index contributed by atoms with van der Waals surface area (Å²) in [5.41, 5.74) is 2.19. The number of nitrogens with zero attached hydrogens (tertiary/aromatic N) is 3. The van der Waals surface area contributed by atoms with E-state index in [-0.39, 0.29) is 11.2 Å². The molecule has 1 amide bonds. The standard InChI is InChI=1S/C19H26N4OS2/c1-12-8-5-6-11-16(12)20-18-21-22-19(26-18)25-15(4)17(24)23-13(2)9-7-10-14(23)3/h5-6,8,11,13-15H,7,9-10H2,1-4H3,(H,20,21)/t13-,14+,15-/m0/s1. The summed E-state index contributed by atoms with van der Waals surface area (Å²) in [7, 11) is 0. The van der Waals surface area contributed by atoms with E-state index in [1.807, 2.05) is 25.1 Å². The van der Waals surface area contributed by atoms with Crippen LogP contribution in [-0.2, 0) is 4.79 Å². The zero-order chi connectivity index (χ0) is 18.7. The van der Waals surface area contributed by atoms with Gasteiger partial charge in [0.2, 0.25) is 11.0 Å². The molecule has 1 saturated heterocycles. The fourth-order valence-corrected chi connectivity index (χ4v) is 5.37. The predicted molar refractivity (Wildman–Crippen MR) is 109 cm³/mol. The number of aromatic nitrogens is 2. The van der Waals surface area contributed by atoms with Crippen molar-refractivity contribution >= 4 is 39.8 Å². The molecule has 1 fully saturated rings. The molecular formula is C19H26N4OS2. The number of para-hydroxylation sites is 1. The molecule has 3 rings (SSSR count). The highest BCUT2D eigenvalue weighted by Gasteiger charge is 2.32. The summed E-state index contributed by atoms with van der Waals surface area (Å²) >= 11 is 2.99. The van der Waals surface area contributed by atoms with Crippen LogP contribution in [-0.4, -0.2) is 38.3 Å². The lowest BCUT2D eigenvalue weighted by Gasteiger charge is -2.40. The van der Waals surface area contributed by atoms with Crippen LogP contribution in [0.25, 0.3) is 0 Å². The van der Waals surface area contributed by atoms with Crippen molar-refractivity contribution < 1.29 is 4.79 Å². The van der Waals surface area contributed by atoms with Crippen LogP contribution in [0.5, 0.6) is 0 Å². The second-order valence-corrected chi connectivity index (χ2v) is 9.51. The maximum Gasteiger partial charge on any atom is 0.236 e. The van der Waals surface area contributed by atoms with Gasteiger partial charge in [0.1, 0.15) is 0 Å². The molecular weight excluding hydrogens is 364 g/mol. The van der Waals surface area contributed by atoms with Gasteiger partial charge in [-0.1, -0.05) is 41.3 Å². The molecule has 1 aromatic carbocycles. The highest BCUT2D eigenvalue weighted by molar-refractivity contribution is 8.02. The van der Waals surface area contributed by atoms with Crippen LogP contribution in [0.4, 0.5) is 10.8 Å². The van der Waals surface area contributed by atoms with Gasteiger partial charge in [0.15, 0.2) is 4.34 Å². The smallest absolute Gasteiger partial charge is 0.236 e. The monoisotopic (exact) mass is 390 g/mol. The summed E-state index contributed by atoms with van der Waals surface area (Å²) in [6, 6.07) is 8.73. The summed E-state index contributed by atoms with van der Waals surface area (Å²) in [6.07, 6.45) is 3.39. The zero-order valence-electron chi connectivity index (χ0n) is 15.7. The molecule has 7 heteroatoms. The van der Waals surface area contributed by atoms with Crippen LogP contribution in [0, 0.1) is 6.92 Å². The molecule has 0 unspecified atom stereocenters. The SMILES string of the molecule is Cc1ccccc1Nc1nnc(S[C@@H](C)C(=O)N2[C@H](C)CCC[C@@H]2C)s1. The first kappa shape index (κ1) is 19.2. The van der Waals surface area contributed by atoms with Gasteiger partial charge in [-0.15, -0.1) is 10.2 Å². The van der Waals surface area contributed by atoms with E-state index in [1.54, 1.807) is 0 Å². The maximum absolute atomic E-state index is 12.9. The van der Waals surface area contributed by atoms with E-state index < -0.39 is 0 Å². The first-order valence-electron chi connectivity index (χ1n) is 9.10. The van der Waals surface area contributed by atoms with Gasteiger partial charge in [0.25, 0.3) is 0 Å². The van der Waals surface area contributed by atoms with Gasteiger partial charge in [-0.05, 0) is 58.6 Å². The second-order valence-electron chi connectivity index (χ2n) is 6.95. The van der Waals surface area contributed by atoms with Gasteiger partial charge in [-0.3, -0.25) is 4.79 Å². The average Bonchev–Trinajstić information content (AvgIpc) is 3.03. The Morgan fingerprint density at radius 1 is 1.27 bits per heavy atom. The van der Waals surface area contributed by atoms with Crippen LogP contribution < -0.4 is 5.32 Å². The van der Waals surface area contributed by atoms with Crippen molar-refractivity contribution in [2.24, 2.45) is 0 Å². The number of hydrogen-bond donors (Lipinski definition) is 1. The van der Waals surface area contributed by atoms with Gasteiger partial charge in [-0.2, -0.15) is 0 Å². The van der Waals surface area contributed by atoms with Crippen LogP contribution in [0.1, 0.15) is 45.6 Å². The van der Waals surface area contributed by atoms with Crippen LogP contribution in [0.2, 0.25) is 0 Å². The average molecular weight is 391 g/mol. The van der Waals surface area contributed by atoms with E-state index in [0.29, 0.717) is 12.1 Å². The van der Waals surface area contributed by atoms with Crippen molar-refractivity contribution in [3.63, 3.8) is 0 Å². The summed E-state index contributed by atoms with van der Waals surface area (Å²) in [4.78, 5) is 15.0. The number of anilines is 2. The number of carbonyl (C=O) groups excluding carboxylic acids is 1. The number of thioether (sulfide) groups is 1. The Bertz CT molecular complexity index is 754. The Balaban J connectivity index is 1.63. The quantitative estimate of drug-likeness (QED) is 0.739. The Morgan fingerprint density at radius 2 is 1.96 bits per heavy atom. The third-order valence-electron chi connectivity index (χ3n) is 4.87. The van der Waals surface area contributed by atoms with Gasteiger partial charge >= 0.3 is 0 Å². The topological polar surface area (TPSA) is 58.1 Å². The fraction of sp³-hybridized carbons (Fsp3) is 0.526. The molecule has 0 bridgehead atoms. The Labute approximate surface area is 163 Å². The third kappa shape index (κ3) is 4.38. The van der Waals surface area contributed by atoms with Gasteiger partial charge in [-0.25, -0.2) is 0 Å². The molecule has 1 aromatic heterocycles. The molecule has 26 heavy (non-hydrogen) atoms. The fourth-order valence-electron chi connectivity index (χ4n) is 3.40. The molecule has 140 valence electrons. The molecule has 3 atom stereocenters. The lowest BCUT2D eigenvalue weighted by Crippen LogP contribution is -2.50. The first-order valence-corrected chi connectivity index (χ1v) is 10.8. The number of piperidine rings is 1. The van der Waals surface area contributed by atoms with Gasteiger partial charge in [0, 0.05) is 17.8 Å². The van der Waals surface area contributed by atoms with Crippen molar-refractivity contribution in [1.82, 2.24) is 15.1 Å². The Morgan fingerprint density at radius 3 is 2.65 bits per heavy atom. The lowest BCUT2D eigenvalue weighted by molar-refractivity contribution is -0.136. The highest BCUT2D eigenvalue weighted by atomic mass is 32.2. The number of nitrogens with one attached hydrogen (secondary N) is 1.